The molecule has 3 aliphatic heterocycles. The molecule has 3 fully saturated rings. The van der Waals surface area contributed by atoms with Gasteiger partial charge in [-0.2, -0.15) is 23.0 Å². The van der Waals surface area contributed by atoms with Crippen molar-refractivity contribution in [1.29, 1.82) is 0 Å². The molecule has 0 bridgehead atoms. The predicted octanol–water partition coefficient (Wildman–Crippen LogP) is 3.90. The fourth-order valence-electron chi connectivity index (χ4n) is 5.82. The Morgan fingerprint density at radius 1 is 1.10 bits per heavy atom. The number of alkyl halides is 3. The summed E-state index contributed by atoms with van der Waals surface area (Å²) in [5, 5.41) is 4.21. The molecule has 40 heavy (non-hydrogen) atoms. The summed E-state index contributed by atoms with van der Waals surface area (Å²) in [6, 6.07) is 3.73. The van der Waals surface area contributed by atoms with Gasteiger partial charge in [0.05, 0.1) is 23.6 Å². The second kappa shape index (κ2) is 11.1. The third kappa shape index (κ3) is 5.96. The van der Waals surface area contributed by atoms with Gasteiger partial charge in [-0.15, -0.1) is 0 Å². The van der Waals surface area contributed by atoms with Crippen molar-refractivity contribution in [3.8, 4) is 5.75 Å². The number of hydrogen-bond acceptors (Lipinski definition) is 6. The average molecular weight is 561 g/mol. The Kier molecular flexibility index (Phi) is 7.80. The van der Waals surface area contributed by atoms with E-state index in [2.05, 4.69) is 11.7 Å². The van der Waals surface area contributed by atoms with Gasteiger partial charge >= 0.3 is 12.2 Å². The first-order valence-corrected chi connectivity index (χ1v) is 13.6. The van der Waals surface area contributed by atoms with Crippen LogP contribution in [0, 0.1) is 11.8 Å². The van der Waals surface area contributed by atoms with Crippen LogP contribution in [0.1, 0.15) is 30.9 Å². The number of carbonyl (C=O) groups excluding carboxylic acids is 2. The molecule has 0 aliphatic carbocycles. The lowest BCUT2D eigenvalue weighted by Crippen LogP contribution is -2.36. The monoisotopic (exact) mass is 560 g/mol. The number of amides is 2. The van der Waals surface area contributed by atoms with Crippen molar-refractivity contribution in [2.75, 3.05) is 57.8 Å². The molecule has 1 aromatic heterocycles. The van der Waals surface area contributed by atoms with Gasteiger partial charge in [0.2, 0.25) is 0 Å². The molecule has 2 unspecified atom stereocenters. The number of fused-ring (bicyclic) bond motifs is 1. The maximum atomic E-state index is 14.0. The number of aromatic nitrogens is 2. The highest BCUT2D eigenvalue weighted by Crippen LogP contribution is 2.37. The Morgan fingerprint density at radius 2 is 1.77 bits per heavy atom. The molecule has 0 spiro atoms. The van der Waals surface area contributed by atoms with E-state index in [0.29, 0.717) is 39.3 Å². The van der Waals surface area contributed by atoms with E-state index in [0.717, 1.165) is 30.3 Å². The van der Waals surface area contributed by atoms with E-state index >= 15 is 0 Å². The molecule has 4 heterocycles. The fraction of sp³-hybridized carbons (Fsp3) is 0.536. The van der Waals surface area contributed by atoms with E-state index in [4.69, 9.17) is 4.74 Å². The predicted molar refractivity (Wildman–Crippen MR) is 143 cm³/mol. The van der Waals surface area contributed by atoms with Gasteiger partial charge in [0.25, 0.3) is 5.91 Å². The molecule has 3 saturated heterocycles. The molecule has 3 aliphatic rings. The number of carbonyl (C=O) groups is 2. The third-order valence-electron chi connectivity index (χ3n) is 8.16. The van der Waals surface area contributed by atoms with Crippen LogP contribution in [0.4, 0.5) is 23.7 Å². The lowest BCUT2D eigenvalue weighted by atomic mass is 10.0. The standard InChI is InChI=1S/C28H35F3N6O3/c1-19(2)33(3)23-11-32-37(17-23)27(39)36-15-21-13-34(14-22(21)16-36)12-20-6-7-24(10-25(20)28(29,30)31)40-18-26(38)35-8-4-5-9-35/h6-7,10-11,17,21-22H,1,4-5,8-9,12-16,18H2,2-3H3. The zero-order valence-corrected chi connectivity index (χ0v) is 22.9. The number of allylic oxidation sites excluding steroid dienone is 1. The van der Waals surface area contributed by atoms with Gasteiger partial charge in [-0.25, -0.2) is 4.79 Å². The zero-order valence-electron chi connectivity index (χ0n) is 22.9. The molecule has 12 heteroatoms. The van der Waals surface area contributed by atoms with Crippen LogP contribution in [0.3, 0.4) is 0 Å². The molecule has 0 saturated carbocycles. The molecular formula is C28H35F3N6O3. The maximum Gasteiger partial charge on any atom is 0.416 e. The molecule has 0 radical (unpaired) electrons. The number of rotatable bonds is 7. The van der Waals surface area contributed by atoms with Crippen molar-refractivity contribution in [2.24, 2.45) is 11.8 Å². The number of nitrogens with zero attached hydrogens (tertiary/aromatic N) is 6. The highest BCUT2D eigenvalue weighted by molar-refractivity contribution is 5.78. The molecule has 1 aromatic carbocycles. The average Bonchev–Trinajstić information content (AvgIpc) is 3.70. The van der Waals surface area contributed by atoms with Gasteiger partial charge in [-0.05, 0) is 49.3 Å². The molecule has 2 atom stereocenters. The van der Waals surface area contributed by atoms with Crippen LogP contribution in [-0.4, -0.2) is 89.3 Å². The summed E-state index contributed by atoms with van der Waals surface area (Å²) in [5.41, 5.74) is 1.01. The van der Waals surface area contributed by atoms with Crippen molar-refractivity contribution >= 4 is 17.6 Å². The summed E-state index contributed by atoms with van der Waals surface area (Å²) in [6.07, 6.45) is 0.609. The maximum absolute atomic E-state index is 14.0. The van der Waals surface area contributed by atoms with Gasteiger partial charge < -0.3 is 19.4 Å². The van der Waals surface area contributed by atoms with E-state index in [1.807, 2.05) is 23.8 Å². The molecular weight excluding hydrogens is 525 g/mol. The lowest BCUT2D eigenvalue weighted by Gasteiger charge is -2.23. The summed E-state index contributed by atoms with van der Waals surface area (Å²) in [6.45, 7) is 9.26. The smallest absolute Gasteiger partial charge is 0.416 e. The van der Waals surface area contributed by atoms with Gasteiger partial charge in [0.15, 0.2) is 6.61 Å². The van der Waals surface area contributed by atoms with Crippen LogP contribution in [0.5, 0.6) is 5.75 Å². The van der Waals surface area contributed by atoms with Crippen molar-refractivity contribution in [3.63, 3.8) is 0 Å². The summed E-state index contributed by atoms with van der Waals surface area (Å²) in [5.74, 6) is 0.196. The highest BCUT2D eigenvalue weighted by atomic mass is 19.4. The summed E-state index contributed by atoms with van der Waals surface area (Å²) in [4.78, 5) is 32.6. The first-order chi connectivity index (χ1) is 19.0. The summed E-state index contributed by atoms with van der Waals surface area (Å²) >= 11 is 0. The minimum absolute atomic E-state index is 0.0345. The molecule has 2 aromatic rings. The fourth-order valence-corrected chi connectivity index (χ4v) is 5.82. The second-order valence-corrected chi connectivity index (χ2v) is 11.0. The number of benzene rings is 1. The Balaban J connectivity index is 1.18. The quantitative estimate of drug-likeness (QED) is 0.512. The topological polar surface area (TPSA) is 74.1 Å². The summed E-state index contributed by atoms with van der Waals surface area (Å²) < 4.78 is 48.7. The SMILES string of the molecule is C=C(C)N(C)c1cnn(C(=O)N2CC3CN(Cc4ccc(OCC(=O)N5CCCC5)cc4C(F)(F)F)CC3C2)c1. The van der Waals surface area contributed by atoms with Crippen LogP contribution < -0.4 is 9.64 Å². The number of likely N-dealkylation sites (tertiary alicyclic amines) is 3. The minimum Gasteiger partial charge on any atom is -0.484 e. The Labute approximate surface area is 231 Å². The van der Waals surface area contributed by atoms with E-state index in [-0.39, 0.29) is 48.2 Å². The third-order valence-corrected chi connectivity index (χ3v) is 8.16. The molecule has 216 valence electrons. The number of ether oxygens (including phenoxy) is 1. The minimum atomic E-state index is -4.55. The largest absolute Gasteiger partial charge is 0.484 e. The second-order valence-electron chi connectivity index (χ2n) is 11.0. The Hall–Kier alpha value is -3.54. The molecule has 2 amide bonds. The first-order valence-electron chi connectivity index (χ1n) is 13.6. The number of hydrogen-bond donors (Lipinski definition) is 0. The zero-order chi connectivity index (χ0) is 28.6. The normalized spacial score (nSPS) is 21.1. The lowest BCUT2D eigenvalue weighted by molar-refractivity contribution is -0.138. The van der Waals surface area contributed by atoms with Gasteiger partial charge in [0.1, 0.15) is 5.75 Å². The number of anilines is 1. The van der Waals surface area contributed by atoms with E-state index in [9.17, 15) is 22.8 Å². The van der Waals surface area contributed by atoms with Crippen LogP contribution in [0.15, 0.2) is 42.9 Å². The summed E-state index contributed by atoms with van der Waals surface area (Å²) in [7, 11) is 1.85. The van der Waals surface area contributed by atoms with Gasteiger partial charge in [-0.1, -0.05) is 12.6 Å². The van der Waals surface area contributed by atoms with Crippen LogP contribution in [-0.2, 0) is 17.5 Å². The van der Waals surface area contributed by atoms with Crippen LogP contribution in [0.2, 0.25) is 0 Å². The van der Waals surface area contributed by atoms with E-state index in [1.165, 1.54) is 16.8 Å². The highest BCUT2D eigenvalue weighted by Gasteiger charge is 2.43. The number of halogens is 3. The van der Waals surface area contributed by atoms with Crippen LogP contribution in [0.25, 0.3) is 0 Å². The van der Waals surface area contributed by atoms with Gasteiger partial charge in [0, 0.05) is 58.6 Å². The van der Waals surface area contributed by atoms with Crippen molar-refractivity contribution in [3.05, 3.63) is 54.0 Å². The van der Waals surface area contributed by atoms with E-state index in [1.54, 1.807) is 22.2 Å². The van der Waals surface area contributed by atoms with Gasteiger partial charge in [-0.3, -0.25) is 9.69 Å². The Bertz CT molecular complexity index is 1260. The molecule has 9 nitrogen and oxygen atoms in total. The van der Waals surface area contributed by atoms with Crippen molar-refractivity contribution < 1.29 is 27.5 Å². The first kappa shape index (κ1) is 28.0. The van der Waals surface area contributed by atoms with Crippen LogP contribution >= 0.6 is 0 Å². The van der Waals surface area contributed by atoms with Crippen molar-refractivity contribution in [2.45, 2.75) is 32.5 Å². The van der Waals surface area contributed by atoms with Crippen molar-refractivity contribution in [1.82, 2.24) is 24.5 Å². The molecule has 5 rings (SSSR count). The van der Waals surface area contributed by atoms with E-state index < -0.39 is 11.7 Å². The Morgan fingerprint density at radius 3 is 2.40 bits per heavy atom. The molecule has 0 N–H and O–H groups in total.